The molecule has 1 aromatic rings. The van der Waals surface area contributed by atoms with Crippen molar-refractivity contribution in [3.05, 3.63) is 35.9 Å². The van der Waals surface area contributed by atoms with Crippen molar-refractivity contribution in [3.8, 4) is 0 Å². The minimum absolute atomic E-state index is 0.159. The van der Waals surface area contributed by atoms with Gasteiger partial charge in [0.1, 0.15) is 0 Å². The first-order valence-corrected chi connectivity index (χ1v) is 6.83. The van der Waals surface area contributed by atoms with Crippen LogP contribution in [0.1, 0.15) is 19.4 Å². The first kappa shape index (κ1) is 13.6. The number of hydrogen-bond acceptors (Lipinski definition) is 3. The summed E-state index contributed by atoms with van der Waals surface area (Å²) in [4.78, 5) is 0. The van der Waals surface area contributed by atoms with Gasteiger partial charge in [0.25, 0.3) is 0 Å². The van der Waals surface area contributed by atoms with E-state index in [4.69, 9.17) is 0 Å². The van der Waals surface area contributed by atoms with Gasteiger partial charge in [-0.2, -0.15) is 11.8 Å². The van der Waals surface area contributed by atoms with Crippen LogP contribution >= 0.6 is 11.8 Å². The summed E-state index contributed by atoms with van der Waals surface area (Å²) >= 11 is 1.86. The number of aliphatic hydroxyl groups excluding tert-OH is 1. The van der Waals surface area contributed by atoms with Crippen LogP contribution in [-0.4, -0.2) is 29.5 Å². The van der Waals surface area contributed by atoms with Gasteiger partial charge in [-0.3, -0.25) is 0 Å². The Kier molecular flexibility index (Phi) is 5.88. The van der Waals surface area contributed by atoms with E-state index in [1.165, 1.54) is 5.56 Å². The average Bonchev–Trinajstić information content (AvgIpc) is 2.31. The molecule has 0 amide bonds. The van der Waals surface area contributed by atoms with E-state index in [0.717, 1.165) is 18.1 Å². The maximum Gasteiger partial charge on any atom is 0.0618 e. The van der Waals surface area contributed by atoms with E-state index >= 15 is 0 Å². The summed E-state index contributed by atoms with van der Waals surface area (Å²) in [5, 5.41) is 12.7. The van der Waals surface area contributed by atoms with Crippen molar-refractivity contribution in [2.45, 2.75) is 25.1 Å². The molecule has 0 aliphatic carbocycles. The molecule has 0 aliphatic heterocycles. The quantitative estimate of drug-likeness (QED) is 0.765. The molecule has 2 N–H and O–H groups in total. The van der Waals surface area contributed by atoms with E-state index < -0.39 is 0 Å². The van der Waals surface area contributed by atoms with Crippen LogP contribution < -0.4 is 5.32 Å². The van der Waals surface area contributed by atoms with Gasteiger partial charge in [0, 0.05) is 17.0 Å². The fourth-order valence-electron chi connectivity index (χ4n) is 1.55. The second kappa shape index (κ2) is 6.94. The number of benzene rings is 1. The molecule has 0 saturated carbocycles. The molecule has 0 bridgehead atoms. The zero-order chi connectivity index (χ0) is 11.9. The van der Waals surface area contributed by atoms with Crippen molar-refractivity contribution in [2.75, 3.05) is 18.9 Å². The van der Waals surface area contributed by atoms with E-state index in [-0.39, 0.29) is 12.1 Å². The molecule has 0 aliphatic rings. The largest absolute Gasteiger partial charge is 0.394 e. The van der Waals surface area contributed by atoms with Crippen LogP contribution in [0.25, 0.3) is 0 Å². The summed E-state index contributed by atoms with van der Waals surface area (Å²) in [5.41, 5.74) is 1.18. The summed E-state index contributed by atoms with van der Waals surface area (Å²) in [7, 11) is 0. The van der Waals surface area contributed by atoms with Crippen LogP contribution in [0.5, 0.6) is 0 Å². The number of hydrogen-bond donors (Lipinski definition) is 2. The molecule has 1 atom stereocenters. The Hall–Kier alpha value is -0.510. The third kappa shape index (κ3) is 4.56. The SMILES string of the molecule is CCNC(C)(CO)CSCc1ccccc1. The van der Waals surface area contributed by atoms with Gasteiger partial charge in [-0.1, -0.05) is 37.3 Å². The third-order valence-electron chi connectivity index (χ3n) is 2.48. The molecule has 3 heteroatoms. The molecule has 0 fully saturated rings. The van der Waals surface area contributed by atoms with E-state index in [0.29, 0.717) is 0 Å². The van der Waals surface area contributed by atoms with Gasteiger partial charge in [-0.25, -0.2) is 0 Å². The lowest BCUT2D eigenvalue weighted by molar-refractivity contribution is 0.194. The molecular formula is C13H21NOS. The summed E-state index contributed by atoms with van der Waals surface area (Å²) in [6.07, 6.45) is 0. The second-order valence-electron chi connectivity index (χ2n) is 4.23. The topological polar surface area (TPSA) is 32.3 Å². The average molecular weight is 239 g/mol. The van der Waals surface area contributed by atoms with E-state index in [2.05, 4.69) is 43.4 Å². The first-order chi connectivity index (χ1) is 7.70. The highest BCUT2D eigenvalue weighted by molar-refractivity contribution is 7.98. The van der Waals surface area contributed by atoms with Crippen molar-refractivity contribution in [3.63, 3.8) is 0 Å². The highest BCUT2D eigenvalue weighted by Crippen LogP contribution is 2.17. The van der Waals surface area contributed by atoms with E-state index in [1.54, 1.807) is 0 Å². The fourth-order valence-corrected chi connectivity index (χ4v) is 2.72. The Morgan fingerprint density at radius 2 is 2.00 bits per heavy atom. The predicted molar refractivity (Wildman–Crippen MR) is 71.8 cm³/mol. The number of thioether (sulfide) groups is 1. The smallest absolute Gasteiger partial charge is 0.0618 e. The van der Waals surface area contributed by atoms with Crippen molar-refractivity contribution in [1.29, 1.82) is 0 Å². The Balaban J connectivity index is 2.34. The Morgan fingerprint density at radius 3 is 2.56 bits per heavy atom. The molecule has 1 aromatic carbocycles. The lowest BCUT2D eigenvalue weighted by Gasteiger charge is -2.27. The Morgan fingerprint density at radius 1 is 1.31 bits per heavy atom. The van der Waals surface area contributed by atoms with Crippen molar-refractivity contribution >= 4 is 11.8 Å². The molecule has 0 heterocycles. The van der Waals surface area contributed by atoms with Crippen LogP contribution in [-0.2, 0) is 5.75 Å². The Labute approximate surface area is 102 Å². The van der Waals surface area contributed by atoms with Gasteiger partial charge in [0.05, 0.1) is 6.61 Å². The van der Waals surface area contributed by atoms with Crippen molar-refractivity contribution in [1.82, 2.24) is 5.32 Å². The summed E-state index contributed by atoms with van der Waals surface area (Å²) in [5.74, 6) is 1.92. The maximum absolute atomic E-state index is 9.34. The molecule has 0 aromatic heterocycles. The van der Waals surface area contributed by atoms with Gasteiger partial charge < -0.3 is 10.4 Å². The van der Waals surface area contributed by atoms with Crippen LogP contribution in [0.2, 0.25) is 0 Å². The molecule has 0 spiro atoms. The maximum atomic E-state index is 9.34. The highest BCUT2D eigenvalue weighted by atomic mass is 32.2. The van der Waals surface area contributed by atoms with Gasteiger partial charge in [-0.15, -0.1) is 0 Å². The van der Waals surface area contributed by atoms with Crippen LogP contribution in [0.15, 0.2) is 30.3 Å². The minimum atomic E-state index is -0.159. The monoisotopic (exact) mass is 239 g/mol. The Bertz CT molecular complexity index is 291. The second-order valence-corrected chi connectivity index (χ2v) is 5.21. The van der Waals surface area contributed by atoms with Gasteiger partial charge in [0.2, 0.25) is 0 Å². The van der Waals surface area contributed by atoms with Gasteiger partial charge >= 0.3 is 0 Å². The predicted octanol–water partition coefficient (Wildman–Crippen LogP) is 2.28. The summed E-state index contributed by atoms with van der Waals surface area (Å²) in [6.45, 7) is 5.20. The molecule has 0 radical (unpaired) electrons. The first-order valence-electron chi connectivity index (χ1n) is 5.68. The van der Waals surface area contributed by atoms with Crippen LogP contribution in [0.3, 0.4) is 0 Å². The summed E-state index contributed by atoms with van der Waals surface area (Å²) in [6, 6.07) is 10.4. The number of rotatable bonds is 7. The van der Waals surface area contributed by atoms with Gasteiger partial charge in [0.15, 0.2) is 0 Å². The molecule has 1 unspecified atom stereocenters. The standard InChI is InChI=1S/C13H21NOS/c1-3-14-13(2,10-15)11-16-9-12-7-5-4-6-8-12/h4-8,14-15H,3,9-11H2,1-2H3. The fraction of sp³-hybridized carbons (Fsp3) is 0.538. The lowest BCUT2D eigenvalue weighted by atomic mass is 10.1. The lowest BCUT2D eigenvalue weighted by Crippen LogP contribution is -2.47. The van der Waals surface area contributed by atoms with Crippen molar-refractivity contribution < 1.29 is 5.11 Å². The molecule has 16 heavy (non-hydrogen) atoms. The molecule has 1 rings (SSSR count). The number of likely N-dealkylation sites (N-methyl/N-ethyl adjacent to an activating group) is 1. The molecule has 0 saturated heterocycles. The van der Waals surface area contributed by atoms with Crippen LogP contribution in [0, 0.1) is 0 Å². The zero-order valence-corrected chi connectivity index (χ0v) is 10.9. The molecular weight excluding hydrogens is 218 g/mol. The zero-order valence-electron chi connectivity index (χ0n) is 10.1. The number of aliphatic hydroxyl groups is 1. The highest BCUT2D eigenvalue weighted by Gasteiger charge is 2.21. The summed E-state index contributed by atoms with van der Waals surface area (Å²) < 4.78 is 0. The van der Waals surface area contributed by atoms with E-state index in [1.807, 2.05) is 17.8 Å². The number of nitrogens with one attached hydrogen (secondary N) is 1. The minimum Gasteiger partial charge on any atom is -0.394 e. The third-order valence-corrected chi connectivity index (χ3v) is 3.86. The van der Waals surface area contributed by atoms with E-state index in [9.17, 15) is 5.11 Å². The normalized spacial score (nSPS) is 14.7. The van der Waals surface area contributed by atoms with Crippen LogP contribution in [0.4, 0.5) is 0 Å². The van der Waals surface area contributed by atoms with Crippen molar-refractivity contribution in [2.24, 2.45) is 0 Å². The molecule has 2 nitrogen and oxygen atoms in total. The molecule has 90 valence electrons. The van der Waals surface area contributed by atoms with Gasteiger partial charge in [-0.05, 0) is 19.0 Å².